The fourth-order valence-corrected chi connectivity index (χ4v) is 5.15. The Labute approximate surface area is 153 Å². The highest BCUT2D eigenvalue weighted by atomic mass is 32.2. The molecule has 1 heterocycles. The van der Waals surface area contributed by atoms with Crippen LogP contribution in [0.15, 0.2) is 65.6 Å². The number of aliphatic hydroxyl groups is 1. The highest BCUT2D eigenvalue weighted by Gasteiger charge is 2.54. The molecule has 25 heavy (non-hydrogen) atoms. The lowest BCUT2D eigenvalue weighted by Crippen LogP contribution is -2.57. The smallest absolute Gasteiger partial charge is 0.141 e. The maximum absolute atomic E-state index is 10.5. The van der Waals surface area contributed by atoms with Gasteiger partial charge in [0, 0.05) is 10.6 Å². The minimum Gasteiger partial charge on any atom is -0.387 e. The number of thioether (sulfide) groups is 1. The predicted octanol–water partition coefficient (Wildman–Crippen LogP) is 4.56. The zero-order valence-electron chi connectivity index (χ0n) is 14.4. The molecule has 1 saturated heterocycles. The molecule has 4 heteroatoms. The Morgan fingerprint density at radius 1 is 1.08 bits per heavy atom. The van der Waals surface area contributed by atoms with Crippen molar-refractivity contribution in [3.05, 3.63) is 66.2 Å². The lowest BCUT2D eigenvalue weighted by Gasteiger charge is -2.52. The van der Waals surface area contributed by atoms with E-state index in [0.29, 0.717) is 5.92 Å². The van der Waals surface area contributed by atoms with Crippen molar-refractivity contribution in [3.63, 3.8) is 0 Å². The molecule has 1 N–H and O–H groups in total. The van der Waals surface area contributed by atoms with Crippen LogP contribution in [0.3, 0.4) is 0 Å². The van der Waals surface area contributed by atoms with Gasteiger partial charge < -0.3 is 5.11 Å². The molecule has 2 aromatic carbocycles. The Morgan fingerprint density at radius 3 is 2.48 bits per heavy atom. The van der Waals surface area contributed by atoms with Gasteiger partial charge in [0.1, 0.15) is 11.7 Å². The largest absolute Gasteiger partial charge is 0.387 e. The second-order valence-corrected chi connectivity index (χ2v) is 8.40. The van der Waals surface area contributed by atoms with Crippen molar-refractivity contribution < 1.29 is 14.9 Å². The summed E-state index contributed by atoms with van der Waals surface area (Å²) in [7, 11) is 0. The highest BCUT2D eigenvalue weighted by Crippen LogP contribution is 2.51. The molecule has 0 spiro atoms. The van der Waals surface area contributed by atoms with Crippen LogP contribution in [0.5, 0.6) is 0 Å². The van der Waals surface area contributed by atoms with Gasteiger partial charge in [-0.05, 0) is 49.8 Å². The first-order valence-electron chi connectivity index (χ1n) is 8.90. The van der Waals surface area contributed by atoms with Crippen molar-refractivity contribution in [1.82, 2.24) is 0 Å². The minimum atomic E-state index is -0.800. The predicted molar refractivity (Wildman–Crippen MR) is 99.2 cm³/mol. The number of hydrogen-bond donors (Lipinski definition) is 1. The Hall–Kier alpha value is -1.33. The van der Waals surface area contributed by atoms with E-state index in [-0.39, 0.29) is 6.10 Å². The molecule has 2 fully saturated rings. The summed E-state index contributed by atoms with van der Waals surface area (Å²) >= 11 is 1.80. The summed E-state index contributed by atoms with van der Waals surface area (Å²) in [5.74, 6) is 1.13. The van der Waals surface area contributed by atoms with Crippen LogP contribution in [0, 0.1) is 5.92 Å². The SMILES string of the molecule is CC1(O)CCC2CC1OO[C@@]2(CSc1ccccc1)c1ccccc1. The summed E-state index contributed by atoms with van der Waals surface area (Å²) in [5.41, 5.74) is -0.121. The molecule has 0 aromatic heterocycles. The van der Waals surface area contributed by atoms with Crippen molar-refractivity contribution in [3.8, 4) is 0 Å². The summed E-state index contributed by atoms with van der Waals surface area (Å²) in [4.78, 5) is 13.1. The van der Waals surface area contributed by atoms with Crippen LogP contribution < -0.4 is 0 Å². The molecule has 3 unspecified atom stereocenters. The molecule has 1 aliphatic heterocycles. The van der Waals surface area contributed by atoms with Crippen molar-refractivity contribution in [2.45, 2.75) is 48.4 Å². The Bertz CT molecular complexity index is 704. The van der Waals surface area contributed by atoms with E-state index < -0.39 is 11.2 Å². The summed E-state index contributed by atoms with van der Waals surface area (Å²) in [6.07, 6.45) is 2.27. The van der Waals surface area contributed by atoms with E-state index in [1.807, 2.05) is 19.1 Å². The lowest BCUT2D eigenvalue weighted by molar-refractivity contribution is -0.450. The summed E-state index contributed by atoms with van der Waals surface area (Å²) < 4.78 is 0. The van der Waals surface area contributed by atoms with Crippen molar-refractivity contribution in [1.29, 1.82) is 0 Å². The third kappa shape index (κ3) is 3.24. The second-order valence-electron chi connectivity index (χ2n) is 7.35. The van der Waals surface area contributed by atoms with Gasteiger partial charge in [0.05, 0.1) is 5.60 Å². The average molecular weight is 356 g/mol. The topological polar surface area (TPSA) is 38.7 Å². The van der Waals surface area contributed by atoms with Crippen molar-refractivity contribution in [2.75, 3.05) is 5.75 Å². The van der Waals surface area contributed by atoms with E-state index in [0.717, 1.165) is 30.6 Å². The fourth-order valence-electron chi connectivity index (χ4n) is 3.97. The molecule has 4 rings (SSSR count). The van der Waals surface area contributed by atoms with E-state index in [4.69, 9.17) is 9.78 Å². The molecule has 2 aromatic rings. The van der Waals surface area contributed by atoms with E-state index in [1.165, 1.54) is 4.90 Å². The molecule has 1 saturated carbocycles. The van der Waals surface area contributed by atoms with Crippen molar-refractivity contribution >= 4 is 11.8 Å². The normalized spacial score (nSPS) is 34.6. The van der Waals surface area contributed by atoms with Gasteiger partial charge in [-0.15, -0.1) is 11.8 Å². The molecule has 3 nitrogen and oxygen atoms in total. The van der Waals surface area contributed by atoms with Crippen molar-refractivity contribution in [2.24, 2.45) is 5.92 Å². The van der Waals surface area contributed by atoms with Gasteiger partial charge >= 0.3 is 0 Å². The third-order valence-electron chi connectivity index (χ3n) is 5.62. The van der Waals surface area contributed by atoms with Crippen LogP contribution in [-0.4, -0.2) is 22.6 Å². The number of rotatable bonds is 4. The molecule has 2 bridgehead atoms. The van der Waals surface area contributed by atoms with Gasteiger partial charge in [0.25, 0.3) is 0 Å². The van der Waals surface area contributed by atoms with Crippen LogP contribution in [-0.2, 0) is 15.4 Å². The zero-order chi connectivity index (χ0) is 17.3. The fraction of sp³-hybridized carbons (Fsp3) is 0.429. The third-order valence-corrected chi connectivity index (χ3v) is 6.80. The molecular formula is C21H24O3S. The van der Waals surface area contributed by atoms with E-state index in [1.54, 1.807) is 11.8 Å². The molecule has 4 atom stereocenters. The minimum absolute atomic E-state index is 0.246. The number of fused-ring (bicyclic) bond motifs is 2. The molecule has 132 valence electrons. The monoisotopic (exact) mass is 356 g/mol. The summed E-state index contributed by atoms with van der Waals surface area (Å²) in [5, 5.41) is 10.5. The summed E-state index contributed by atoms with van der Waals surface area (Å²) in [6, 6.07) is 20.8. The van der Waals surface area contributed by atoms with Gasteiger partial charge in [-0.2, -0.15) is 0 Å². The van der Waals surface area contributed by atoms with E-state index >= 15 is 0 Å². The van der Waals surface area contributed by atoms with Gasteiger partial charge in [0.2, 0.25) is 0 Å². The zero-order valence-corrected chi connectivity index (χ0v) is 15.2. The first-order valence-corrected chi connectivity index (χ1v) is 9.89. The van der Waals surface area contributed by atoms with Crippen LogP contribution in [0.25, 0.3) is 0 Å². The Balaban J connectivity index is 1.64. The number of benzene rings is 2. The van der Waals surface area contributed by atoms with E-state index in [2.05, 4.69) is 48.5 Å². The van der Waals surface area contributed by atoms with Gasteiger partial charge in [0.15, 0.2) is 0 Å². The molecular weight excluding hydrogens is 332 g/mol. The summed E-state index contributed by atoms with van der Waals surface area (Å²) in [6.45, 7) is 1.85. The van der Waals surface area contributed by atoms with Crippen LogP contribution >= 0.6 is 11.8 Å². The molecule has 2 aliphatic rings. The van der Waals surface area contributed by atoms with Gasteiger partial charge in [-0.25, -0.2) is 9.78 Å². The molecule has 1 aliphatic carbocycles. The maximum atomic E-state index is 10.5. The number of hydrogen-bond acceptors (Lipinski definition) is 4. The standard InChI is InChI=1S/C21H24O3S/c1-20(22)13-12-17-14-19(20)23-24-21(17,16-8-4-2-5-9-16)15-25-18-10-6-3-7-11-18/h2-11,17,19,22H,12-15H2,1H3/t17?,19?,20?,21-/m0/s1. The van der Waals surface area contributed by atoms with Crippen LogP contribution in [0.4, 0.5) is 0 Å². The molecule has 0 radical (unpaired) electrons. The lowest BCUT2D eigenvalue weighted by atomic mass is 9.68. The van der Waals surface area contributed by atoms with Crippen LogP contribution in [0.2, 0.25) is 0 Å². The van der Waals surface area contributed by atoms with Crippen LogP contribution in [0.1, 0.15) is 31.7 Å². The Morgan fingerprint density at radius 2 is 1.76 bits per heavy atom. The highest BCUT2D eigenvalue weighted by molar-refractivity contribution is 7.99. The van der Waals surface area contributed by atoms with Gasteiger partial charge in [-0.1, -0.05) is 48.5 Å². The maximum Gasteiger partial charge on any atom is 0.141 e. The first-order chi connectivity index (χ1) is 12.1. The molecule has 0 amide bonds. The second kappa shape index (κ2) is 6.76. The average Bonchev–Trinajstić information content (AvgIpc) is 2.66. The Kier molecular flexibility index (Phi) is 4.63. The first kappa shape index (κ1) is 17.1. The van der Waals surface area contributed by atoms with E-state index in [9.17, 15) is 5.11 Å². The van der Waals surface area contributed by atoms with Gasteiger partial charge in [-0.3, -0.25) is 0 Å². The quantitative estimate of drug-likeness (QED) is 0.644.